The van der Waals surface area contributed by atoms with E-state index in [1.54, 1.807) is 18.5 Å². The third-order valence-electron chi connectivity index (χ3n) is 3.82. The lowest BCUT2D eigenvalue weighted by atomic mass is 9.82. The van der Waals surface area contributed by atoms with Gasteiger partial charge in [0.1, 0.15) is 6.07 Å². The molecule has 1 heterocycles. The third kappa shape index (κ3) is 3.21. The summed E-state index contributed by atoms with van der Waals surface area (Å²) >= 11 is 0. The lowest BCUT2D eigenvalue weighted by Gasteiger charge is -2.28. The Hall–Kier alpha value is -1.60. The Morgan fingerprint density at radius 2 is 2.06 bits per heavy atom. The average molecular weight is 244 g/mol. The number of nitrogens with two attached hydrogens (primary N) is 1. The highest BCUT2D eigenvalue weighted by molar-refractivity contribution is 5.55. The van der Waals surface area contributed by atoms with Crippen molar-refractivity contribution in [3.8, 4) is 6.07 Å². The van der Waals surface area contributed by atoms with Crippen LogP contribution in [0.5, 0.6) is 0 Å². The maximum atomic E-state index is 8.99. The first-order valence-corrected chi connectivity index (χ1v) is 6.61. The van der Waals surface area contributed by atoms with Crippen LogP contribution in [0, 0.1) is 23.2 Å². The van der Waals surface area contributed by atoms with Crippen LogP contribution >= 0.6 is 0 Å². The van der Waals surface area contributed by atoms with E-state index in [2.05, 4.69) is 16.4 Å². The second kappa shape index (κ2) is 6.36. The fourth-order valence-electron chi connectivity index (χ4n) is 2.56. The Morgan fingerprint density at radius 3 is 2.72 bits per heavy atom. The Labute approximate surface area is 108 Å². The summed E-state index contributed by atoms with van der Waals surface area (Å²) in [7, 11) is 0. The molecule has 0 aliphatic heterocycles. The minimum absolute atomic E-state index is 0.667. The van der Waals surface area contributed by atoms with Gasteiger partial charge in [0.05, 0.1) is 17.4 Å². The SMILES string of the molecule is N#Cc1ccncc1NCC1CCC(CN)CC1. The standard InChI is InChI=1S/C14H20N4/c15-7-11-1-3-12(4-2-11)9-18-14-10-17-6-5-13(14)8-16/h5-6,10-12,18H,1-4,7,9,15H2. The molecule has 1 aliphatic carbocycles. The van der Waals surface area contributed by atoms with Crippen LogP contribution in [0.2, 0.25) is 0 Å². The summed E-state index contributed by atoms with van der Waals surface area (Å²) in [5.41, 5.74) is 7.21. The monoisotopic (exact) mass is 244 g/mol. The van der Waals surface area contributed by atoms with Crippen LogP contribution in [-0.4, -0.2) is 18.1 Å². The first-order chi connectivity index (χ1) is 8.83. The van der Waals surface area contributed by atoms with Gasteiger partial charge in [-0.05, 0) is 50.1 Å². The minimum atomic E-state index is 0.667. The highest BCUT2D eigenvalue weighted by Crippen LogP contribution is 2.28. The maximum absolute atomic E-state index is 8.99. The van der Waals surface area contributed by atoms with Crippen molar-refractivity contribution in [1.82, 2.24) is 4.98 Å². The molecular formula is C14H20N4. The normalized spacial score (nSPS) is 23.3. The molecule has 1 aromatic heterocycles. The van der Waals surface area contributed by atoms with Gasteiger partial charge in [0, 0.05) is 12.7 Å². The van der Waals surface area contributed by atoms with Gasteiger partial charge in [0.15, 0.2) is 0 Å². The van der Waals surface area contributed by atoms with Crippen molar-refractivity contribution in [2.24, 2.45) is 17.6 Å². The number of nitrogens with one attached hydrogen (secondary N) is 1. The zero-order chi connectivity index (χ0) is 12.8. The third-order valence-corrected chi connectivity index (χ3v) is 3.82. The first kappa shape index (κ1) is 12.8. The van der Waals surface area contributed by atoms with Gasteiger partial charge in [-0.25, -0.2) is 0 Å². The Balaban J connectivity index is 1.84. The van der Waals surface area contributed by atoms with Crippen LogP contribution < -0.4 is 11.1 Å². The van der Waals surface area contributed by atoms with E-state index < -0.39 is 0 Å². The Bertz CT molecular complexity index is 416. The highest BCUT2D eigenvalue weighted by atomic mass is 14.9. The molecule has 18 heavy (non-hydrogen) atoms. The number of pyridine rings is 1. The van der Waals surface area contributed by atoms with Crippen molar-refractivity contribution in [3.63, 3.8) is 0 Å². The Kier molecular flexibility index (Phi) is 4.54. The van der Waals surface area contributed by atoms with Gasteiger partial charge < -0.3 is 11.1 Å². The highest BCUT2D eigenvalue weighted by Gasteiger charge is 2.20. The quantitative estimate of drug-likeness (QED) is 0.850. The van der Waals surface area contributed by atoms with E-state index in [1.807, 2.05) is 0 Å². The molecule has 1 saturated carbocycles. The lowest BCUT2D eigenvalue weighted by molar-refractivity contribution is 0.289. The summed E-state index contributed by atoms with van der Waals surface area (Å²) < 4.78 is 0. The molecule has 4 nitrogen and oxygen atoms in total. The summed E-state index contributed by atoms with van der Waals surface area (Å²) in [5, 5.41) is 12.3. The summed E-state index contributed by atoms with van der Waals surface area (Å²) in [6, 6.07) is 3.92. The summed E-state index contributed by atoms with van der Waals surface area (Å²) in [4.78, 5) is 4.05. The second-order valence-electron chi connectivity index (χ2n) is 5.04. The van der Waals surface area contributed by atoms with Crippen LogP contribution in [0.25, 0.3) is 0 Å². The molecule has 0 bridgehead atoms. The predicted octanol–water partition coefficient (Wildman–Crippen LogP) is 2.13. The van der Waals surface area contributed by atoms with Gasteiger partial charge in [-0.3, -0.25) is 4.98 Å². The molecule has 0 amide bonds. The van der Waals surface area contributed by atoms with E-state index >= 15 is 0 Å². The van der Waals surface area contributed by atoms with Crippen molar-refractivity contribution in [2.45, 2.75) is 25.7 Å². The summed E-state index contributed by atoms with van der Waals surface area (Å²) in [5.74, 6) is 1.41. The molecule has 0 spiro atoms. The van der Waals surface area contributed by atoms with Crippen LogP contribution in [-0.2, 0) is 0 Å². The van der Waals surface area contributed by atoms with Crippen LogP contribution in [0.4, 0.5) is 5.69 Å². The van der Waals surface area contributed by atoms with Gasteiger partial charge in [0.25, 0.3) is 0 Å². The van der Waals surface area contributed by atoms with E-state index in [0.29, 0.717) is 17.4 Å². The second-order valence-corrected chi connectivity index (χ2v) is 5.04. The van der Waals surface area contributed by atoms with E-state index in [-0.39, 0.29) is 0 Å². The number of nitriles is 1. The van der Waals surface area contributed by atoms with E-state index in [9.17, 15) is 0 Å². The molecule has 1 fully saturated rings. The molecule has 2 rings (SSSR count). The molecule has 0 saturated heterocycles. The number of anilines is 1. The number of hydrogen-bond acceptors (Lipinski definition) is 4. The molecule has 4 heteroatoms. The van der Waals surface area contributed by atoms with E-state index in [0.717, 1.165) is 18.8 Å². The van der Waals surface area contributed by atoms with E-state index in [1.165, 1.54) is 25.7 Å². The number of hydrogen-bond donors (Lipinski definition) is 2. The number of nitrogens with zero attached hydrogens (tertiary/aromatic N) is 2. The first-order valence-electron chi connectivity index (χ1n) is 6.61. The van der Waals surface area contributed by atoms with Gasteiger partial charge >= 0.3 is 0 Å². The molecule has 96 valence electrons. The average Bonchev–Trinajstić information content (AvgIpc) is 2.46. The topological polar surface area (TPSA) is 74.7 Å². The van der Waals surface area contributed by atoms with Crippen LogP contribution in [0.3, 0.4) is 0 Å². The largest absolute Gasteiger partial charge is 0.382 e. The molecule has 1 aliphatic rings. The van der Waals surface area contributed by atoms with Crippen molar-refractivity contribution in [3.05, 3.63) is 24.0 Å². The van der Waals surface area contributed by atoms with Gasteiger partial charge in [-0.2, -0.15) is 5.26 Å². The van der Waals surface area contributed by atoms with Crippen molar-refractivity contribution >= 4 is 5.69 Å². The summed E-state index contributed by atoms with van der Waals surface area (Å²) in [6.07, 6.45) is 8.32. The molecule has 3 N–H and O–H groups in total. The zero-order valence-corrected chi connectivity index (χ0v) is 10.6. The van der Waals surface area contributed by atoms with Crippen molar-refractivity contribution in [2.75, 3.05) is 18.4 Å². The molecule has 0 aromatic carbocycles. The molecule has 1 aromatic rings. The van der Waals surface area contributed by atoms with Gasteiger partial charge in [0.2, 0.25) is 0 Å². The van der Waals surface area contributed by atoms with E-state index in [4.69, 9.17) is 11.0 Å². The van der Waals surface area contributed by atoms with Crippen LogP contribution in [0.15, 0.2) is 18.5 Å². The van der Waals surface area contributed by atoms with Crippen molar-refractivity contribution < 1.29 is 0 Å². The van der Waals surface area contributed by atoms with Crippen molar-refractivity contribution in [1.29, 1.82) is 5.26 Å². The molecule has 0 unspecified atom stereocenters. The Morgan fingerprint density at radius 1 is 1.33 bits per heavy atom. The van der Waals surface area contributed by atoms with Gasteiger partial charge in [-0.1, -0.05) is 0 Å². The number of aromatic nitrogens is 1. The lowest BCUT2D eigenvalue weighted by Crippen LogP contribution is -2.25. The fraction of sp³-hybridized carbons (Fsp3) is 0.571. The number of rotatable bonds is 4. The fourth-order valence-corrected chi connectivity index (χ4v) is 2.56. The van der Waals surface area contributed by atoms with Crippen LogP contribution in [0.1, 0.15) is 31.2 Å². The molecule has 0 atom stereocenters. The summed E-state index contributed by atoms with van der Waals surface area (Å²) in [6.45, 7) is 1.75. The minimum Gasteiger partial charge on any atom is -0.382 e. The zero-order valence-electron chi connectivity index (χ0n) is 10.6. The van der Waals surface area contributed by atoms with Gasteiger partial charge in [-0.15, -0.1) is 0 Å². The smallest absolute Gasteiger partial charge is 0.101 e. The molecule has 0 radical (unpaired) electrons. The molecular weight excluding hydrogens is 224 g/mol. The predicted molar refractivity (Wildman–Crippen MR) is 71.9 cm³/mol. The maximum Gasteiger partial charge on any atom is 0.101 e.